The normalized spacial score (nSPS) is 17.5. The van der Waals surface area contributed by atoms with Gasteiger partial charge in [0.1, 0.15) is 0 Å². The Hall–Kier alpha value is -2.54. The number of rotatable bonds is 4. The van der Waals surface area contributed by atoms with Gasteiger partial charge in [-0.05, 0) is 43.5 Å². The molecule has 2 aromatic carbocycles. The van der Waals surface area contributed by atoms with Crippen molar-refractivity contribution in [3.63, 3.8) is 0 Å². The fourth-order valence-corrected chi connectivity index (χ4v) is 4.55. The maximum Gasteiger partial charge on any atom is 0.321 e. The van der Waals surface area contributed by atoms with Crippen molar-refractivity contribution in [3.05, 3.63) is 64.1 Å². The van der Waals surface area contributed by atoms with Crippen LogP contribution in [0.2, 0.25) is 0 Å². The number of halogens is 1. The number of nitrogens with zero attached hydrogens (tertiary/aromatic N) is 3. The molecule has 2 aliphatic rings. The number of amides is 4. The van der Waals surface area contributed by atoms with Gasteiger partial charge in [0.25, 0.3) is 0 Å². The van der Waals surface area contributed by atoms with E-state index < -0.39 is 0 Å². The van der Waals surface area contributed by atoms with Crippen LogP contribution in [-0.2, 0) is 6.54 Å². The molecule has 7 heteroatoms. The van der Waals surface area contributed by atoms with E-state index in [4.69, 9.17) is 0 Å². The van der Waals surface area contributed by atoms with Crippen LogP contribution in [0.15, 0.2) is 53.0 Å². The average Bonchev–Trinajstić information content (AvgIpc) is 3.10. The molecule has 0 aromatic heterocycles. The predicted octanol–water partition coefficient (Wildman–Crippen LogP) is 4.69. The van der Waals surface area contributed by atoms with Crippen molar-refractivity contribution in [2.24, 2.45) is 0 Å². The van der Waals surface area contributed by atoms with Crippen molar-refractivity contribution < 1.29 is 9.59 Å². The van der Waals surface area contributed by atoms with Crippen molar-refractivity contribution in [1.82, 2.24) is 14.7 Å². The lowest BCUT2D eigenvalue weighted by Gasteiger charge is -2.36. The topological polar surface area (TPSA) is 55.9 Å². The molecule has 0 atom stereocenters. The number of carbonyl (C=O) groups is 2. The van der Waals surface area contributed by atoms with Crippen LogP contribution in [0, 0.1) is 6.92 Å². The first kappa shape index (κ1) is 20.7. The number of carbonyl (C=O) groups excluding carboxylic acids is 2. The summed E-state index contributed by atoms with van der Waals surface area (Å²) in [6.07, 6.45) is 1.63. The average molecular weight is 471 g/mol. The van der Waals surface area contributed by atoms with E-state index in [-0.39, 0.29) is 18.1 Å². The van der Waals surface area contributed by atoms with Crippen LogP contribution in [0.3, 0.4) is 0 Å². The molecule has 4 amide bonds. The van der Waals surface area contributed by atoms with Gasteiger partial charge in [-0.2, -0.15) is 0 Å². The highest BCUT2D eigenvalue weighted by Crippen LogP contribution is 2.24. The molecule has 0 radical (unpaired) electrons. The van der Waals surface area contributed by atoms with Gasteiger partial charge in [0.2, 0.25) is 0 Å². The maximum atomic E-state index is 12.9. The number of hydrogen-bond acceptors (Lipinski definition) is 2. The second-order valence-electron chi connectivity index (χ2n) is 8.04. The van der Waals surface area contributed by atoms with E-state index in [2.05, 4.69) is 52.4 Å². The van der Waals surface area contributed by atoms with E-state index in [9.17, 15) is 9.59 Å². The number of anilines is 1. The summed E-state index contributed by atoms with van der Waals surface area (Å²) in [5, 5.41) is 2.95. The molecular formula is C23H27BrN4O2. The summed E-state index contributed by atoms with van der Waals surface area (Å²) >= 11 is 3.42. The van der Waals surface area contributed by atoms with Crippen LogP contribution >= 0.6 is 15.9 Å². The summed E-state index contributed by atoms with van der Waals surface area (Å²) in [4.78, 5) is 31.2. The lowest BCUT2D eigenvalue weighted by molar-refractivity contribution is 0.139. The highest BCUT2D eigenvalue weighted by molar-refractivity contribution is 9.10. The molecule has 0 saturated carbocycles. The maximum absolute atomic E-state index is 12.9. The van der Waals surface area contributed by atoms with Crippen molar-refractivity contribution in [3.8, 4) is 0 Å². The molecule has 0 aliphatic carbocycles. The summed E-state index contributed by atoms with van der Waals surface area (Å²) in [5.41, 5.74) is 3.16. The molecule has 158 valence electrons. The summed E-state index contributed by atoms with van der Waals surface area (Å²) in [6, 6.07) is 16.2. The number of nitrogens with one attached hydrogen (secondary N) is 1. The number of hydrogen-bond donors (Lipinski definition) is 1. The second-order valence-corrected chi connectivity index (χ2v) is 8.96. The van der Waals surface area contributed by atoms with Gasteiger partial charge in [-0.25, -0.2) is 9.59 Å². The Morgan fingerprint density at radius 2 is 1.80 bits per heavy atom. The van der Waals surface area contributed by atoms with Crippen LogP contribution in [0.5, 0.6) is 0 Å². The number of benzene rings is 2. The van der Waals surface area contributed by atoms with Crippen molar-refractivity contribution in [2.75, 3.05) is 31.5 Å². The van der Waals surface area contributed by atoms with Crippen LogP contribution in [0.4, 0.5) is 15.3 Å². The Labute approximate surface area is 186 Å². The SMILES string of the molecule is Cc1ccc(CN2CCN(C3CCN(C(=O)Nc4cccc(Br)c4)CC3)C2=O)cc1. The molecule has 0 bridgehead atoms. The first-order valence-electron chi connectivity index (χ1n) is 10.4. The van der Waals surface area contributed by atoms with Crippen molar-refractivity contribution in [1.29, 1.82) is 0 Å². The minimum atomic E-state index is -0.0831. The summed E-state index contributed by atoms with van der Waals surface area (Å²) in [5.74, 6) is 0. The first-order valence-corrected chi connectivity index (χ1v) is 11.2. The smallest absolute Gasteiger partial charge is 0.321 e. The van der Waals surface area contributed by atoms with Crippen LogP contribution in [0.1, 0.15) is 24.0 Å². The van der Waals surface area contributed by atoms with Gasteiger partial charge in [0, 0.05) is 48.9 Å². The molecule has 30 heavy (non-hydrogen) atoms. The number of aryl methyl sites for hydroxylation is 1. The fourth-order valence-electron chi connectivity index (χ4n) is 4.15. The monoisotopic (exact) mass is 470 g/mol. The van der Waals surface area contributed by atoms with Gasteiger partial charge >= 0.3 is 12.1 Å². The zero-order valence-corrected chi connectivity index (χ0v) is 18.8. The minimum absolute atomic E-state index is 0.0831. The molecule has 2 aromatic rings. The van der Waals surface area contributed by atoms with E-state index in [1.807, 2.05) is 39.0 Å². The molecular weight excluding hydrogens is 444 g/mol. The van der Waals surface area contributed by atoms with E-state index in [1.54, 1.807) is 0 Å². The Kier molecular flexibility index (Phi) is 6.27. The molecule has 6 nitrogen and oxygen atoms in total. The minimum Gasteiger partial charge on any atom is -0.324 e. The number of likely N-dealkylation sites (tertiary alicyclic amines) is 1. The van der Waals surface area contributed by atoms with E-state index in [0.717, 1.165) is 41.7 Å². The lowest BCUT2D eigenvalue weighted by atomic mass is 10.0. The third kappa shape index (κ3) is 4.78. The molecule has 2 aliphatic heterocycles. The Bertz CT molecular complexity index is 910. The van der Waals surface area contributed by atoms with E-state index in [0.29, 0.717) is 19.6 Å². The molecule has 4 rings (SSSR count). The largest absolute Gasteiger partial charge is 0.324 e. The number of piperidine rings is 1. The van der Waals surface area contributed by atoms with Gasteiger partial charge in [0.05, 0.1) is 0 Å². The van der Waals surface area contributed by atoms with Gasteiger partial charge in [-0.1, -0.05) is 51.8 Å². The Morgan fingerprint density at radius 3 is 2.50 bits per heavy atom. The zero-order valence-electron chi connectivity index (χ0n) is 17.2. The molecule has 2 heterocycles. The third-order valence-corrected chi connectivity index (χ3v) is 6.38. The van der Waals surface area contributed by atoms with E-state index >= 15 is 0 Å². The molecule has 0 spiro atoms. The predicted molar refractivity (Wildman–Crippen MR) is 121 cm³/mol. The van der Waals surface area contributed by atoms with E-state index in [1.165, 1.54) is 5.56 Å². The van der Waals surface area contributed by atoms with Crippen LogP contribution < -0.4 is 5.32 Å². The molecule has 2 saturated heterocycles. The first-order chi connectivity index (χ1) is 14.5. The van der Waals surface area contributed by atoms with Gasteiger partial charge in [-0.15, -0.1) is 0 Å². The standard InChI is InChI=1S/C23H27BrN4O2/c1-17-5-7-18(8-6-17)16-27-13-14-28(23(27)30)21-9-11-26(12-10-21)22(29)25-20-4-2-3-19(24)15-20/h2-8,15,21H,9-14,16H2,1H3,(H,25,29). The third-order valence-electron chi connectivity index (χ3n) is 5.89. The molecule has 2 fully saturated rings. The van der Waals surface area contributed by atoms with Crippen LogP contribution in [-0.4, -0.2) is 59.0 Å². The van der Waals surface area contributed by atoms with Gasteiger partial charge in [-0.3, -0.25) is 0 Å². The fraction of sp³-hybridized carbons (Fsp3) is 0.391. The molecule has 0 unspecified atom stereocenters. The summed E-state index contributed by atoms with van der Waals surface area (Å²) in [7, 11) is 0. The lowest BCUT2D eigenvalue weighted by Crippen LogP contribution is -2.49. The number of urea groups is 2. The van der Waals surface area contributed by atoms with Crippen molar-refractivity contribution >= 4 is 33.7 Å². The van der Waals surface area contributed by atoms with Gasteiger partial charge < -0.3 is 20.0 Å². The molecule has 1 N–H and O–H groups in total. The Balaban J connectivity index is 1.28. The zero-order chi connectivity index (χ0) is 21.1. The Morgan fingerprint density at radius 1 is 1.07 bits per heavy atom. The highest BCUT2D eigenvalue weighted by atomic mass is 79.9. The van der Waals surface area contributed by atoms with Crippen molar-refractivity contribution in [2.45, 2.75) is 32.4 Å². The van der Waals surface area contributed by atoms with Gasteiger partial charge in [0.15, 0.2) is 0 Å². The highest BCUT2D eigenvalue weighted by Gasteiger charge is 2.35. The summed E-state index contributed by atoms with van der Waals surface area (Å²) < 4.78 is 0.932. The quantitative estimate of drug-likeness (QED) is 0.704. The van der Waals surface area contributed by atoms with Crippen LogP contribution in [0.25, 0.3) is 0 Å². The summed E-state index contributed by atoms with van der Waals surface area (Å²) in [6.45, 7) is 5.57. The second kappa shape index (κ2) is 9.08.